The van der Waals surface area contributed by atoms with Crippen LogP contribution < -0.4 is 10.2 Å². The van der Waals surface area contributed by atoms with Crippen molar-refractivity contribution in [1.29, 1.82) is 0 Å². The molecule has 31 heavy (non-hydrogen) atoms. The van der Waals surface area contributed by atoms with Gasteiger partial charge >= 0.3 is 0 Å². The number of rotatable bonds is 9. The van der Waals surface area contributed by atoms with Gasteiger partial charge in [-0.3, -0.25) is 4.79 Å². The Kier molecular flexibility index (Phi) is 7.94. The predicted octanol–water partition coefficient (Wildman–Crippen LogP) is 3.43. The molecule has 1 heterocycles. The van der Waals surface area contributed by atoms with Crippen LogP contribution in [0.3, 0.4) is 0 Å². The molecule has 0 aliphatic heterocycles. The summed E-state index contributed by atoms with van der Waals surface area (Å²) in [6, 6.07) is 15.3. The van der Waals surface area contributed by atoms with Crippen LogP contribution in [-0.2, 0) is 0 Å². The number of aliphatic hydroxyl groups is 2. The SMILES string of the molecule is CCCN(CO)c1nccc(-c2ccc(C(=O)NC(CO)c3cccc(Cl)c3)cc2)n1. The molecule has 8 heteroatoms. The number of nitrogens with one attached hydrogen (secondary N) is 1. The third-order valence-electron chi connectivity index (χ3n) is 4.77. The van der Waals surface area contributed by atoms with Crippen molar-refractivity contribution in [2.45, 2.75) is 19.4 Å². The molecule has 0 aliphatic rings. The van der Waals surface area contributed by atoms with Crippen LogP contribution >= 0.6 is 11.6 Å². The average Bonchev–Trinajstić information content (AvgIpc) is 2.81. The van der Waals surface area contributed by atoms with Gasteiger partial charge in [0.1, 0.15) is 6.73 Å². The third kappa shape index (κ3) is 5.79. The zero-order valence-corrected chi connectivity index (χ0v) is 18.0. The molecule has 2 aromatic carbocycles. The highest BCUT2D eigenvalue weighted by Gasteiger charge is 2.16. The smallest absolute Gasteiger partial charge is 0.251 e. The number of hydrogen-bond acceptors (Lipinski definition) is 6. The lowest BCUT2D eigenvalue weighted by Crippen LogP contribution is -2.30. The first-order chi connectivity index (χ1) is 15.0. The summed E-state index contributed by atoms with van der Waals surface area (Å²) in [6.45, 7) is 2.27. The number of aromatic nitrogens is 2. The lowest BCUT2D eigenvalue weighted by atomic mass is 10.1. The van der Waals surface area contributed by atoms with E-state index in [1.165, 1.54) is 0 Å². The Labute approximate surface area is 186 Å². The molecule has 1 unspecified atom stereocenters. The molecule has 162 valence electrons. The molecular formula is C23H25ClN4O3. The fraction of sp³-hybridized carbons (Fsp3) is 0.261. The van der Waals surface area contributed by atoms with Gasteiger partial charge in [-0.2, -0.15) is 0 Å². The maximum Gasteiger partial charge on any atom is 0.251 e. The number of anilines is 1. The molecule has 0 spiro atoms. The Morgan fingerprint density at radius 1 is 1.16 bits per heavy atom. The van der Waals surface area contributed by atoms with Gasteiger partial charge in [0.05, 0.1) is 18.3 Å². The summed E-state index contributed by atoms with van der Waals surface area (Å²) in [5.74, 6) is 0.152. The van der Waals surface area contributed by atoms with Gasteiger partial charge in [0.15, 0.2) is 0 Å². The Hall–Kier alpha value is -3.00. The van der Waals surface area contributed by atoms with Gasteiger partial charge in [-0.05, 0) is 42.3 Å². The Balaban J connectivity index is 1.74. The number of hydrogen-bond donors (Lipinski definition) is 3. The number of nitrogens with zero attached hydrogens (tertiary/aromatic N) is 3. The average molecular weight is 441 g/mol. The monoisotopic (exact) mass is 440 g/mol. The van der Waals surface area contributed by atoms with Crippen molar-refractivity contribution >= 4 is 23.5 Å². The minimum absolute atomic E-state index is 0.158. The molecule has 0 bridgehead atoms. The van der Waals surface area contributed by atoms with Crippen LogP contribution in [0.25, 0.3) is 11.3 Å². The molecule has 3 rings (SSSR count). The standard InChI is InChI=1S/C23H25ClN4O3/c1-2-12-28(15-30)23-25-11-10-20(27-23)16-6-8-17(9-7-16)22(31)26-21(14-29)18-4-3-5-19(24)13-18/h3-11,13,21,29-30H,2,12,14-15H2,1H3,(H,26,31). The molecule has 0 saturated heterocycles. The van der Waals surface area contributed by atoms with Crippen molar-refractivity contribution in [3.63, 3.8) is 0 Å². The van der Waals surface area contributed by atoms with Gasteiger partial charge in [0.25, 0.3) is 5.91 Å². The second kappa shape index (κ2) is 10.9. The van der Waals surface area contributed by atoms with Crippen LogP contribution in [0.2, 0.25) is 5.02 Å². The van der Waals surface area contributed by atoms with Crippen molar-refractivity contribution < 1.29 is 15.0 Å². The van der Waals surface area contributed by atoms with E-state index in [1.54, 1.807) is 65.7 Å². The molecule has 0 saturated carbocycles. The van der Waals surface area contributed by atoms with E-state index >= 15 is 0 Å². The van der Waals surface area contributed by atoms with Gasteiger partial charge in [0, 0.05) is 28.9 Å². The minimum atomic E-state index is -0.557. The van der Waals surface area contributed by atoms with Gasteiger partial charge in [-0.1, -0.05) is 42.8 Å². The molecule has 0 fully saturated rings. The molecule has 1 aromatic heterocycles. The van der Waals surface area contributed by atoms with Crippen LogP contribution in [0.15, 0.2) is 60.8 Å². The number of benzene rings is 2. The fourth-order valence-corrected chi connectivity index (χ4v) is 3.36. The van der Waals surface area contributed by atoms with Gasteiger partial charge in [0.2, 0.25) is 5.95 Å². The molecule has 1 amide bonds. The fourth-order valence-electron chi connectivity index (χ4n) is 3.16. The summed E-state index contributed by atoms with van der Waals surface area (Å²) in [5, 5.41) is 22.6. The summed E-state index contributed by atoms with van der Waals surface area (Å²) in [4.78, 5) is 23.1. The van der Waals surface area contributed by atoms with Crippen LogP contribution in [0.5, 0.6) is 0 Å². The number of amides is 1. The number of halogens is 1. The molecule has 3 aromatic rings. The normalized spacial score (nSPS) is 11.7. The first kappa shape index (κ1) is 22.7. The highest BCUT2D eigenvalue weighted by Crippen LogP contribution is 2.21. The third-order valence-corrected chi connectivity index (χ3v) is 5.01. The molecule has 0 radical (unpaired) electrons. The molecular weight excluding hydrogens is 416 g/mol. The van der Waals surface area contributed by atoms with Gasteiger partial charge < -0.3 is 20.4 Å². The maximum absolute atomic E-state index is 12.7. The molecule has 1 atom stereocenters. The second-order valence-electron chi connectivity index (χ2n) is 6.99. The zero-order chi connectivity index (χ0) is 22.2. The highest BCUT2D eigenvalue weighted by molar-refractivity contribution is 6.30. The van der Waals surface area contributed by atoms with E-state index in [1.807, 2.05) is 6.92 Å². The first-order valence-electron chi connectivity index (χ1n) is 10.0. The van der Waals surface area contributed by atoms with Crippen molar-refractivity contribution in [2.24, 2.45) is 0 Å². The van der Waals surface area contributed by atoms with Gasteiger partial charge in [-0.25, -0.2) is 9.97 Å². The summed E-state index contributed by atoms with van der Waals surface area (Å²) >= 11 is 6.01. The summed E-state index contributed by atoms with van der Waals surface area (Å²) < 4.78 is 0. The second-order valence-corrected chi connectivity index (χ2v) is 7.42. The van der Waals surface area contributed by atoms with Crippen LogP contribution in [-0.4, -0.2) is 46.0 Å². The lowest BCUT2D eigenvalue weighted by molar-refractivity contribution is 0.0916. The lowest BCUT2D eigenvalue weighted by Gasteiger charge is -2.19. The maximum atomic E-state index is 12.7. The Bertz CT molecular complexity index is 1010. The van der Waals surface area contributed by atoms with Crippen molar-refractivity contribution in [3.05, 3.63) is 76.9 Å². The Morgan fingerprint density at radius 2 is 1.94 bits per heavy atom. The van der Waals surface area contributed by atoms with E-state index in [0.29, 0.717) is 28.8 Å². The van der Waals surface area contributed by atoms with Crippen molar-refractivity contribution in [3.8, 4) is 11.3 Å². The van der Waals surface area contributed by atoms with E-state index < -0.39 is 6.04 Å². The predicted molar refractivity (Wildman–Crippen MR) is 121 cm³/mol. The summed E-state index contributed by atoms with van der Waals surface area (Å²) in [7, 11) is 0. The van der Waals surface area contributed by atoms with E-state index in [2.05, 4.69) is 15.3 Å². The molecule has 7 nitrogen and oxygen atoms in total. The number of aliphatic hydroxyl groups excluding tert-OH is 2. The number of carbonyl (C=O) groups excluding carboxylic acids is 1. The number of carbonyl (C=O) groups is 1. The summed E-state index contributed by atoms with van der Waals surface area (Å²) in [6.07, 6.45) is 2.51. The highest BCUT2D eigenvalue weighted by atomic mass is 35.5. The topological polar surface area (TPSA) is 98.6 Å². The van der Waals surface area contributed by atoms with Crippen molar-refractivity contribution in [1.82, 2.24) is 15.3 Å². The van der Waals surface area contributed by atoms with E-state index in [-0.39, 0.29) is 19.2 Å². The van der Waals surface area contributed by atoms with Crippen LogP contribution in [0, 0.1) is 0 Å². The van der Waals surface area contributed by atoms with Gasteiger partial charge in [-0.15, -0.1) is 0 Å². The molecule has 3 N–H and O–H groups in total. The molecule has 0 aliphatic carbocycles. The zero-order valence-electron chi connectivity index (χ0n) is 17.2. The van der Waals surface area contributed by atoms with Crippen molar-refractivity contribution in [2.75, 3.05) is 24.8 Å². The van der Waals surface area contributed by atoms with Crippen LogP contribution in [0.4, 0.5) is 5.95 Å². The van der Waals surface area contributed by atoms with E-state index in [0.717, 1.165) is 17.5 Å². The first-order valence-corrected chi connectivity index (χ1v) is 10.4. The van der Waals surface area contributed by atoms with Crippen LogP contribution in [0.1, 0.15) is 35.3 Å². The largest absolute Gasteiger partial charge is 0.394 e. The summed E-state index contributed by atoms with van der Waals surface area (Å²) in [5.41, 5.74) is 2.71. The minimum Gasteiger partial charge on any atom is -0.394 e. The van der Waals surface area contributed by atoms with E-state index in [9.17, 15) is 15.0 Å². The van der Waals surface area contributed by atoms with E-state index in [4.69, 9.17) is 11.6 Å². The Morgan fingerprint density at radius 3 is 2.58 bits per heavy atom. The quantitative estimate of drug-likeness (QED) is 0.441.